The number of fused-ring (bicyclic) bond motifs is 1. The number of aliphatic hydroxyl groups excluding tert-OH is 1. The lowest BCUT2D eigenvalue weighted by atomic mass is 9.95. The lowest BCUT2D eigenvalue weighted by Gasteiger charge is -2.20. The van der Waals surface area contributed by atoms with Gasteiger partial charge in [0.1, 0.15) is 5.75 Å². The number of hydrogen-bond acceptors (Lipinski definition) is 2. The zero-order valence-corrected chi connectivity index (χ0v) is 11.8. The smallest absolute Gasteiger partial charge is 0.115 e. The SMILES string of the molecule is Cc1cc2c(n1CCc1ccc(O)cc1)CCCC2O. The molecule has 1 unspecified atom stereocenters. The number of hydrogen-bond donors (Lipinski definition) is 2. The van der Waals surface area contributed by atoms with Gasteiger partial charge in [0.2, 0.25) is 0 Å². The summed E-state index contributed by atoms with van der Waals surface area (Å²) in [5.74, 6) is 0.311. The van der Waals surface area contributed by atoms with Gasteiger partial charge in [-0.1, -0.05) is 12.1 Å². The Morgan fingerprint density at radius 1 is 1.25 bits per heavy atom. The maximum absolute atomic E-state index is 10.1. The highest BCUT2D eigenvalue weighted by molar-refractivity contribution is 5.32. The Kier molecular flexibility index (Phi) is 3.53. The van der Waals surface area contributed by atoms with Crippen molar-refractivity contribution >= 4 is 0 Å². The van der Waals surface area contributed by atoms with E-state index in [0.717, 1.165) is 37.8 Å². The highest BCUT2D eigenvalue weighted by Gasteiger charge is 2.22. The van der Waals surface area contributed by atoms with Crippen molar-refractivity contribution in [1.82, 2.24) is 4.57 Å². The molecule has 0 bridgehead atoms. The molecule has 3 nitrogen and oxygen atoms in total. The third-order valence-corrected chi connectivity index (χ3v) is 4.26. The molecule has 2 aromatic rings. The molecule has 0 saturated heterocycles. The van der Waals surface area contributed by atoms with Crippen LogP contribution in [-0.4, -0.2) is 14.8 Å². The van der Waals surface area contributed by atoms with Gasteiger partial charge in [0.05, 0.1) is 6.10 Å². The molecule has 1 aromatic heterocycles. The van der Waals surface area contributed by atoms with Crippen LogP contribution in [0.1, 0.15) is 41.5 Å². The molecule has 0 spiro atoms. The summed E-state index contributed by atoms with van der Waals surface area (Å²) in [4.78, 5) is 0. The topological polar surface area (TPSA) is 45.4 Å². The van der Waals surface area contributed by atoms with Gasteiger partial charge in [-0.3, -0.25) is 0 Å². The average molecular weight is 271 g/mol. The van der Waals surface area contributed by atoms with Crippen LogP contribution in [0.2, 0.25) is 0 Å². The second-order valence-corrected chi connectivity index (χ2v) is 5.66. The Labute approximate surface area is 119 Å². The van der Waals surface area contributed by atoms with E-state index in [1.807, 2.05) is 12.1 Å². The summed E-state index contributed by atoms with van der Waals surface area (Å²) in [7, 11) is 0. The van der Waals surface area contributed by atoms with Crippen LogP contribution in [0.25, 0.3) is 0 Å². The van der Waals surface area contributed by atoms with E-state index < -0.39 is 0 Å². The number of phenolic OH excluding ortho intramolecular Hbond substituents is 1. The van der Waals surface area contributed by atoms with E-state index in [1.54, 1.807) is 12.1 Å². The summed E-state index contributed by atoms with van der Waals surface area (Å²) in [5, 5.41) is 19.4. The fraction of sp³-hybridized carbons (Fsp3) is 0.412. The Bertz CT molecular complexity index is 598. The predicted molar refractivity (Wildman–Crippen MR) is 78.9 cm³/mol. The first-order chi connectivity index (χ1) is 9.65. The van der Waals surface area contributed by atoms with Crippen molar-refractivity contribution < 1.29 is 10.2 Å². The number of aromatic nitrogens is 1. The van der Waals surface area contributed by atoms with Gasteiger partial charge < -0.3 is 14.8 Å². The van der Waals surface area contributed by atoms with Gasteiger partial charge in [0, 0.05) is 23.5 Å². The molecule has 0 aliphatic heterocycles. The fourth-order valence-electron chi connectivity index (χ4n) is 3.16. The van der Waals surface area contributed by atoms with E-state index in [2.05, 4.69) is 17.6 Å². The van der Waals surface area contributed by atoms with Gasteiger partial charge in [0.25, 0.3) is 0 Å². The van der Waals surface area contributed by atoms with Crippen LogP contribution in [0, 0.1) is 6.92 Å². The number of aliphatic hydroxyl groups is 1. The number of aryl methyl sites for hydroxylation is 2. The van der Waals surface area contributed by atoms with E-state index in [4.69, 9.17) is 0 Å². The van der Waals surface area contributed by atoms with Crippen LogP contribution in [0.4, 0.5) is 0 Å². The van der Waals surface area contributed by atoms with Gasteiger partial charge in [-0.2, -0.15) is 0 Å². The molecule has 0 fully saturated rings. The number of benzene rings is 1. The molecule has 1 atom stereocenters. The lowest BCUT2D eigenvalue weighted by Crippen LogP contribution is -2.13. The molecule has 106 valence electrons. The molecule has 3 rings (SSSR count). The monoisotopic (exact) mass is 271 g/mol. The summed E-state index contributed by atoms with van der Waals surface area (Å²) >= 11 is 0. The second-order valence-electron chi connectivity index (χ2n) is 5.66. The summed E-state index contributed by atoms with van der Waals surface area (Å²) < 4.78 is 2.34. The standard InChI is InChI=1S/C17H21NO2/c1-12-11-15-16(3-2-4-17(15)20)18(12)10-9-13-5-7-14(19)8-6-13/h5-8,11,17,19-20H,2-4,9-10H2,1H3. The van der Waals surface area contributed by atoms with Gasteiger partial charge in [-0.15, -0.1) is 0 Å². The summed E-state index contributed by atoms with van der Waals surface area (Å²) in [5.41, 5.74) is 4.88. The van der Waals surface area contributed by atoms with Crippen molar-refractivity contribution in [2.24, 2.45) is 0 Å². The number of aromatic hydroxyl groups is 1. The molecular weight excluding hydrogens is 250 g/mol. The van der Waals surface area contributed by atoms with Crippen LogP contribution >= 0.6 is 0 Å². The van der Waals surface area contributed by atoms with Crippen molar-refractivity contribution in [3.05, 3.63) is 52.8 Å². The number of phenols is 1. The maximum atomic E-state index is 10.1. The summed E-state index contributed by atoms with van der Waals surface area (Å²) in [6.07, 6.45) is 3.67. The third kappa shape index (κ3) is 2.46. The Morgan fingerprint density at radius 2 is 2.00 bits per heavy atom. The molecule has 3 heteroatoms. The van der Waals surface area contributed by atoms with Crippen LogP contribution in [0.15, 0.2) is 30.3 Å². The van der Waals surface area contributed by atoms with Gasteiger partial charge in [-0.25, -0.2) is 0 Å². The summed E-state index contributed by atoms with van der Waals surface area (Å²) in [6.45, 7) is 3.04. The van der Waals surface area contributed by atoms with E-state index in [0.29, 0.717) is 5.75 Å². The Morgan fingerprint density at radius 3 is 2.75 bits per heavy atom. The molecule has 20 heavy (non-hydrogen) atoms. The summed E-state index contributed by atoms with van der Waals surface area (Å²) in [6, 6.07) is 9.54. The molecule has 2 N–H and O–H groups in total. The number of nitrogens with zero attached hydrogens (tertiary/aromatic N) is 1. The van der Waals surface area contributed by atoms with Crippen molar-refractivity contribution in [2.75, 3.05) is 0 Å². The molecule has 1 aromatic carbocycles. The predicted octanol–water partition coefficient (Wildman–Crippen LogP) is 3.11. The zero-order chi connectivity index (χ0) is 14.1. The minimum Gasteiger partial charge on any atom is -0.508 e. The highest BCUT2D eigenvalue weighted by atomic mass is 16.3. The average Bonchev–Trinajstić information content (AvgIpc) is 2.76. The van der Waals surface area contributed by atoms with Crippen LogP contribution in [-0.2, 0) is 19.4 Å². The highest BCUT2D eigenvalue weighted by Crippen LogP contribution is 2.32. The fourth-order valence-corrected chi connectivity index (χ4v) is 3.16. The first-order valence-corrected chi connectivity index (χ1v) is 7.30. The molecule has 1 aliphatic carbocycles. The normalized spacial score (nSPS) is 18.0. The van der Waals surface area contributed by atoms with Gasteiger partial charge >= 0.3 is 0 Å². The quantitative estimate of drug-likeness (QED) is 0.901. The maximum Gasteiger partial charge on any atom is 0.115 e. The first-order valence-electron chi connectivity index (χ1n) is 7.30. The van der Waals surface area contributed by atoms with Crippen molar-refractivity contribution in [1.29, 1.82) is 0 Å². The lowest BCUT2D eigenvalue weighted by molar-refractivity contribution is 0.155. The van der Waals surface area contributed by atoms with Crippen molar-refractivity contribution in [3.63, 3.8) is 0 Å². The molecule has 1 heterocycles. The molecule has 0 radical (unpaired) electrons. The van der Waals surface area contributed by atoms with Crippen LogP contribution in [0.5, 0.6) is 5.75 Å². The van der Waals surface area contributed by atoms with E-state index in [-0.39, 0.29) is 6.10 Å². The minimum absolute atomic E-state index is 0.285. The zero-order valence-electron chi connectivity index (χ0n) is 11.8. The first kappa shape index (κ1) is 13.3. The molecule has 1 aliphatic rings. The van der Waals surface area contributed by atoms with Crippen molar-refractivity contribution in [2.45, 2.75) is 45.3 Å². The number of rotatable bonds is 3. The molecule has 0 amide bonds. The van der Waals surface area contributed by atoms with E-state index in [1.165, 1.54) is 17.0 Å². The minimum atomic E-state index is -0.285. The third-order valence-electron chi connectivity index (χ3n) is 4.26. The van der Waals surface area contributed by atoms with E-state index >= 15 is 0 Å². The van der Waals surface area contributed by atoms with E-state index in [9.17, 15) is 10.2 Å². The largest absolute Gasteiger partial charge is 0.508 e. The van der Waals surface area contributed by atoms with Crippen LogP contribution in [0.3, 0.4) is 0 Å². The Hall–Kier alpha value is -1.74. The van der Waals surface area contributed by atoms with Crippen molar-refractivity contribution in [3.8, 4) is 5.75 Å². The second kappa shape index (κ2) is 5.33. The molecule has 0 saturated carbocycles. The van der Waals surface area contributed by atoms with Gasteiger partial charge in [-0.05, 0) is 56.4 Å². The Balaban J connectivity index is 1.79. The molecular formula is C17H21NO2. The van der Waals surface area contributed by atoms with Crippen LogP contribution < -0.4 is 0 Å². The van der Waals surface area contributed by atoms with Gasteiger partial charge in [0.15, 0.2) is 0 Å².